The predicted molar refractivity (Wildman–Crippen MR) is 78.9 cm³/mol. The molecule has 1 aromatic rings. The van der Waals surface area contributed by atoms with E-state index < -0.39 is 4.92 Å². The highest BCUT2D eigenvalue weighted by Crippen LogP contribution is 2.35. The zero-order chi connectivity index (χ0) is 14.7. The summed E-state index contributed by atoms with van der Waals surface area (Å²) in [7, 11) is 0. The third-order valence-electron chi connectivity index (χ3n) is 4.36. The minimum absolute atomic E-state index is 0.00868. The molecule has 1 fully saturated rings. The number of aliphatic hydroxyl groups excluding tert-OH is 1. The van der Waals surface area contributed by atoms with Gasteiger partial charge in [-0.05, 0) is 43.1 Å². The summed E-state index contributed by atoms with van der Waals surface area (Å²) in [5, 5.41) is 21.2. The summed E-state index contributed by atoms with van der Waals surface area (Å²) >= 11 is 6.12. The Bertz CT molecular complexity index is 492. The van der Waals surface area contributed by atoms with Gasteiger partial charge in [0.25, 0.3) is 5.69 Å². The molecule has 0 heterocycles. The number of non-ortho nitro benzene ring substituents is 1. The van der Waals surface area contributed by atoms with E-state index in [2.05, 4.69) is 6.92 Å². The number of nitro groups is 1. The maximum atomic E-state index is 10.7. The lowest BCUT2D eigenvalue weighted by molar-refractivity contribution is -0.384. The van der Waals surface area contributed by atoms with Gasteiger partial charge in [0.15, 0.2) is 0 Å². The van der Waals surface area contributed by atoms with E-state index in [1.807, 2.05) is 0 Å². The van der Waals surface area contributed by atoms with Gasteiger partial charge in [0.1, 0.15) is 0 Å². The van der Waals surface area contributed by atoms with Crippen LogP contribution in [0.1, 0.15) is 38.2 Å². The molecule has 1 aromatic carbocycles. The van der Waals surface area contributed by atoms with Crippen molar-refractivity contribution in [3.05, 3.63) is 38.9 Å². The number of nitrogens with zero attached hydrogens (tertiary/aromatic N) is 1. The number of hydrogen-bond donors (Lipinski definition) is 1. The zero-order valence-electron chi connectivity index (χ0n) is 11.6. The second kappa shape index (κ2) is 6.55. The van der Waals surface area contributed by atoms with E-state index in [0.29, 0.717) is 17.4 Å². The first-order valence-corrected chi connectivity index (χ1v) is 7.50. The second-order valence-corrected chi connectivity index (χ2v) is 6.06. The Kier molecular flexibility index (Phi) is 5.00. The quantitative estimate of drug-likeness (QED) is 0.675. The highest BCUT2D eigenvalue weighted by molar-refractivity contribution is 6.31. The lowest BCUT2D eigenvalue weighted by Crippen LogP contribution is -2.30. The molecule has 1 aliphatic rings. The Morgan fingerprint density at radius 2 is 2.20 bits per heavy atom. The fourth-order valence-electron chi connectivity index (χ4n) is 3.03. The third-order valence-corrected chi connectivity index (χ3v) is 4.71. The molecule has 3 unspecified atom stereocenters. The predicted octanol–water partition coefficient (Wildman–Crippen LogP) is 3.98. The molecule has 1 aliphatic carbocycles. The molecule has 0 amide bonds. The molecular weight excluding hydrogens is 278 g/mol. The van der Waals surface area contributed by atoms with Crippen LogP contribution in [0.15, 0.2) is 18.2 Å². The van der Waals surface area contributed by atoms with Gasteiger partial charge in [-0.25, -0.2) is 0 Å². The van der Waals surface area contributed by atoms with Gasteiger partial charge < -0.3 is 5.11 Å². The van der Waals surface area contributed by atoms with Crippen LogP contribution >= 0.6 is 11.6 Å². The third kappa shape index (κ3) is 3.49. The summed E-state index contributed by atoms with van der Waals surface area (Å²) < 4.78 is 0. The van der Waals surface area contributed by atoms with E-state index in [9.17, 15) is 15.2 Å². The maximum absolute atomic E-state index is 10.7. The van der Waals surface area contributed by atoms with Gasteiger partial charge in [0.05, 0.1) is 16.0 Å². The number of nitro benzene ring substituents is 1. The summed E-state index contributed by atoms with van der Waals surface area (Å²) in [6.07, 6.45) is 4.47. The van der Waals surface area contributed by atoms with Crippen molar-refractivity contribution >= 4 is 17.3 Å². The van der Waals surface area contributed by atoms with Crippen molar-refractivity contribution in [2.75, 3.05) is 0 Å². The summed E-state index contributed by atoms with van der Waals surface area (Å²) in [5.74, 6) is 0.868. The van der Waals surface area contributed by atoms with Gasteiger partial charge >= 0.3 is 0 Å². The summed E-state index contributed by atoms with van der Waals surface area (Å²) in [4.78, 5) is 10.2. The van der Waals surface area contributed by atoms with E-state index in [0.717, 1.165) is 31.2 Å². The van der Waals surface area contributed by atoms with Crippen molar-refractivity contribution in [3.8, 4) is 0 Å². The molecular formula is C15H20ClNO3. The van der Waals surface area contributed by atoms with Crippen LogP contribution in [-0.4, -0.2) is 16.1 Å². The lowest BCUT2D eigenvalue weighted by Gasteiger charge is -2.33. The Morgan fingerprint density at radius 1 is 1.45 bits per heavy atom. The van der Waals surface area contributed by atoms with Gasteiger partial charge in [-0.15, -0.1) is 0 Å². The van der Waals surface area contributed by atoms with Crippen LogP contribution in [0.3, 0.4) is 0 Å². The summed E-state index contributed by atoms with van der Waals surface area (Å²) in [6.45, 7) is 2.18. The van der Waals surface area contributed by atoms with E-state index >= 15 is 0 Å². The minimum atomic E-state index is -0.446. The molecule has 2 rings (SSSR count). The molecule has 1 N–H and O–H groups in total. The van der Waals surface area contributed by atoms with Gasteiger partial charge in [-0.2, -0.15) is 0 Å². The maximum Gasteiger partial charge on any atom is 0.270 e. The largest absolute Gasteiger partial charge is 0.393 e. The van der Waals surface area contributed by atoms with Crippen molar-refractivity contribution in [3.63, 3.8) is 0 Å². The van der Waals surface area contributed by atoms with Gasteiger partial charge in [0.2, 0.25) is 0 Å². The molecule has 4 nitrogen and oxygen atoms in total. The Hall–Kier alpha value is -1.13. The molecule has 0 radical (unpaired) electrons. The highest BCUT2D eigenvalue weighted by atomic mass is 35.5. The lowest BCUT2D eigenvalue weighted by atomic mass is 9.76. The summed E-state index contributed by atoms with van der Waals surface area (Å²) in [5.41, 5.74) is 0.896. The van der Waals surface area contributed by atoms with Gasteiger partial charge in [0, 0.05) is 12.1 Å². The Labute approximate surface area is 123 Å². The fourth-order valence-corrected chi connectivity index (χ4v) is 3.29. The van der Waals surface area contributed by atoms with Crippen molar-refractivity contribution in [2.45, 2.75) is 45.1 Å². The first kappa shape index (κ1) is 15.3. The monoisotopic (exact) mass is 297 g/mol. The van der Waals surface area contributed by atoms with Crippen LogP contribution in [0, 0.1) is 22.0 Å². The van der Waals surface area contributed by atoms with Crippen molar-refractivity contribution < 1.29 is 10.0 Å². The van der Waals surface area contributed by atoms with Gasteiger partial charge in [-0.1, -0.05) is 31.0 Å². The molecule has 110 valence electrons. The molecule has 1 saturated carbocycles. The number of aliphatic hydroxyl groups is 1. The average molecular weight is 298 g/mol. The second-order valence-electron chi connectivity index (χ2n) is 5.65. The van der Waals surface area contributed by atoms with Crippen LogP contribution in [0.5, 0.6) is 0 Å². The first-order chi connectivity index (χ1) is 9.51. The Morgan fingerprint density at radius 3 is 2.80 bits per heavy atom. The number of halogens is 1. The number of benzene rings is 1. The Balaban J connectivity index is 2.10. The fraction of sp³-hybridized carbons (Fsp3) is 0.600. The average Bonchev–Trinajstić information content (AvgIpc) is 2.43. The van der Waals surface area contributed by atoms with Crippen LogP contribution in [0.4, 0.5) is 5.69 Å². The topological polar surface area (TPSA) is 63.4 Å². The summed E-state index contributed by atoms with van der Waals surface area (Å²) in [6, 6.07) is 4.58. The molecule has 0 saturated heterocycles. The highest BCUT2D eigenvalue weighted by Gasteiger charge is 2.29. The molecule has 0 spiro atoms. The van der Waals surface area contributed by atoms with Gasteiger partial charge in [-0.3, -0.25) is 10.1 Å². The van der Waals surface area contributed by atoms with Crippen LogP contribution in [0.25, 0.3) is 0 Å². The zero-order valence-corrected chi connectivity index (χ0v) is 12.3. The SMILES string of the molecule is CCC1CCC(O)C(Cc2ccc([N+](=O)[O-])cc2Cl)C1. The van der Waals surface area contributed by atoms with Crippen molar-refractivity contribution in [1.29, 1.82) is 0 Å². The molecule has 3 atom stereocenters. The first-order valence-electron chi connectivity index (χ1n) is 7.12. The molecule has 0 bridgehead atoms. The van der Waals surface area contributed by atoms with Crippen molar-refractivity contribution in [1.82, 2.24) is 0 Å². The van der Waals surface area contributed by atoms with E-state index in [-0.39, 0.29) is 17.7 Å². The number of hydrogen-bond acceptors (Lipinski definition) is 3. The normalized spacial score (nSPS) is 26.4. The molecule has 5 heteroatoms. The van der Waals surface area contributed by atoms with Crippen LogP contribution in [0.2, 0.25) is 5.02 Å². The van der Waals surface area contributed by atoms with E-state index in [1.54, 1.807) is 6.07 Å². The number of rotatable bonds is 4. The van der Waals surface area contributed by atoms with E-state index in [4.69, 9.17) is 11.6 Å². The van der Waals surface area contributed by atoms with Crippen molar-refractivity contribution in [2.24, 2.45) is 11.8 Å². The van der Waals surface area contributed by atoms with Crippen LogP contribution < -0.4 is 0 Å². The molecule has 0 aromatic heterocycles. The molecule has 0 aliphatic heterocycles. The minimum Gasteiger partial charge on any atom is -0.393 e. The smallest absolute Gasteiger partial charge is 0.270 e. The van der Waals surface area contributed by atoms with Crippen LogP contribution in [-0.2, 0) is 6.42 Å². The van der Waals surface area contributed by atoms with E-state index in [1.165, 1.54) is 12.1 Å². The molecule has 20 heavy (non-hydrogen) atoms. The standard InChI is InChI=1S/C15H20ClNO3/c1-2-10-3-6-15(18)12(7-10)8-11-4-5-13(17(19)20)9-14(11)16/h4-5,9-10,12,15,18H,2-3,6-8H2,1H3.